The summed E-state index contributed by atoms with van der Waals surface area (Å²) in [6.45, 7) is 8.09. The Labute approximate surface area is 160 Å². The van der Waals surface area contributed by atoms with Gasteiger partial charge in [0.2, 0.25) is 0 Å². The minimum atomic E-state index is -0.483. The van der Waals surface area contributed by atoms with Crippen LogP contribution in [0.1, 0.15) is 68.2 Å². The first-order valence-corrected chi connectivity index (χ1v) is 7.46. The molecule has 0 bridgehead atoms. The standard InChI is InChI=1S/C9H15NO3.C6H9N3.4CH4/c1-9(2,3)13-8(12)10-5-4-7(11)6-10;1-9-6-4-7-2-5(6)3-8-9;;;;/h4-6H2,1-3H3;3,7H,2,4H2,1H3;4*1H4. The summed E-state index contributed by atoms with van der Waals surface area (Å²) in [4.78, 5) is 23.7. The van der Waals surface area contributed by atoms with Gasteiger partial charge in [-0.2, -0.15) is 5.10 Å². The molecule has 3 rings (SSSR count). The number of rotatable bonds is 0. The molecule has 2 aliphatic rings. The number of aromatic nitrogens is 2. The SMILES string of the molecule is C.C.C.C.CC(C)(C)OC(=O)N1CCC(=O)C1.Cn1ncc2c1CNC2. The molecule has 0 atom stereocenters. The summed E-state index contributed by atoms with van der Waals surface area (Å²) in [5.41, 5.74) is 2.19. The summed E-state index contributed by atoms with van der Waals surface area (Å²) in [7, 11) is 1.98. The molecule has 3 heterocycles. The van der Waals surface area contributed by atoms with Crippen LogP contribution >= 0.6 is 0 Å². The predicted octanol–water partition coefficient (Wildman–Crippen LogP) is 3.76. The number of fused-ring (bicyclic) bond motifs is 1. The Morgan fingerprint density at radius 3 is 2.27 bits per heavy atom. The van der Waals surface area contributed by atoms with Gasteiger partial charge in [0.1, 0.15) is 5.60 Å². The van der Waals surface area contributed by atoms with Gasteiger partial charge in [0.15, 0.2) is 5.78 Å². The average molecular weight is 373 g/mol. The second-order valence-corrected chi connectivity index (χ2v) is 6.53. The quantitative estimate of drug-likeness (QED) is 0.750. The Hall–Kier alpha value is -1.89. The normalized spacial score (nSPS) is 14.5. The summed E-state index contributed by atoms with van der Waals surface area (Å²) >= 11 is 0. The topological polar surface area (TPSA) is 76.5 Å². The summed E-state index contributed by atoms with van der Waals surface area (Å²) in [6, 6.07) is 0. The minimum absolute atomic E-state index is 0. The van der Waals surface area contributed by atoms with Gasteiger partial charge in [-0.05, 0) is 20.8 Å². The highest BCUT2D eigenvalue weighted by atomic mass is 16.6. The Kier molecular flexibility index (Phi) is 13.0. The van der Waals surface area contributed by atoms with Gasteiger partial charge >= 0.3 is 6.09 Å². The third kappa shape index (κ3) is 7.99. The molecule has 1 saturated heterocycles. The highest BCUT2D eigenvalue weighted by molar-refractivity contribution is 5.87. The maximum Gasteiger partial charge on any atom is 0.410 e. The number of likely N-dealkylation sites (tertiary alicyclic amines) is 1. The molecule has 154 valence electrons. The summed E-state index contributed by atoms with van der Waals surface area (Å²) in [6.07, 6.45) is 1.99. The van der Waals surface area contributed by atoms with E-state index < -0.39 is 11.7 Å². The fourth-order valence-corrected chi connectivity index (χ4v) is 2.31. The lowest BCUT2D eigenvalue weighted by Crippen LogP contribution is -2.35. The summed E-state index contributed by atoms with van der Waals surface area (Å²) < 4.78 is 7.03. The first-order valence-electron chi connectivity index (χ1n) is 7.46. The van der Waals surface area contributed by atoms with Crippen LogP contribution in [-0.4, -0.2) is 45.2 Å². The van der Waals surface area contributed by atoms with E-state index in [1.54, 1.807) is 0 Å². The molecule has 2 aliphatic heterocycles. The number of aryl methyl sites for hydroxylation is 1. The Bertz CT molecular complexity index is 562. The maximum absolute atomic E-state index is 11.4. The van der Waals surface area contributed by atoms with Crippen LogP contribution in [0.5, 0.6) is 0 Å². The molecule has 1 aromatic heterocycles. The van der Waals surface area contributed by atoms with Crippen LogP contribution in [0.4, 0.5) is 4.79 Å². The highest BCUT2D eigenvalue weighted by Gasteiger charge is 2.27. The lowest BCUT2D eigenvalue weighted by molar-refractivity contribution is -0.116. The summed E-state index contributed by atoms with van der Waals surface area (Å²) in [5, 5.41) is 7.36. The van der Waals surface area contributed by atoms with Crippen molar-refractivity contribution >= 4 is 11.9 Å². The molecule has 0 aromatic carbocycles. The average Bonchev–Trinajstić information content (AvgIpc) is 3.08. The van der Waals surface area contributed by atoms with Gasteiger partial charge in [0, 0.05) is 38.7 Å². The number of ether oxygens (including phenoxy) is 1. The van der Waals surface area contributed by atoms with Crippen LogP contribution in [0.3, 0.4) is 0 Å². The van der Waals surface area contributed by atoms with Gasteiger partial charge in [-0.1, -0.05) is 29.7 Å². The Morgan fingerprint density at radius 2 is 1.81 bits per heavy atom. The molecule has 0 unspecified atom stereocenters. The first kappa shape index (κ1) is 28.9. The van der Waals surface area contributed by atoms with Crippen LogP contribution in [0.25, 0.3) is 0 Å². The summed E-state index contributed by atoms with van der Waals surface area (Å²) in [5.74, 6) is 0.103. The number of Topliss-reactive ketones (excluding diaryl/α,β-unsaturated/α-hetero) is 1. The molecule has 0 aliphatic carbocycles. The van der Waals surface area contributed by atoms with Crippen molar-refractivity contribution in [1.29, 1.82) is 0 Å². The van der Waals surface area contributed by atoms with E-state index in [0.29, 0.717) is 13.0 Å². The number of amides is 1. The molecule has 1 amide bonds. The predicted molar refractivity (Wildman–Crippen MR) is 108 cm³/mol. The number of hydrogen-bond donors (Lipinski definition) is 1. The van der Waals surface area contributed by atoms with Crippen LogP contribution in [-0.2, 0) is 29.7 Å². The largest absolute Gasteiger partial charge is 0.444 e. The Balaban J connectivity index is -0.000000365. The van der Waals surface area contributed by atoms with E-state index in [-0.39, 0.29) is 42.0 Å². The van der Waals surface area contributed by atoms with E-state index in [4.69, 9.17) is 4.74 Å². The van der Waals surface area contributed by atoms with Gasteiger partial charge in [0.05, 0.1) is 18.4 Å². The Morgan fingerprint density at radius 1 is 1.19 bits per heavy atom. The molecule has 26 heavy (non-hydrogen) atoms. The van der Waals surface area contributed by atoms with Crippen LogP contribution in [0.15, 0.2) is 6.20 Å². The van der Waals surface area contributed by atoms with E-state index in [1.165, 1.54) is 16.2 Å². The number of carbonyl (C=O) groups is 2. The number of nitrogens with one attached hydrogen (secondary N) is 1. The zero-order valence-electron chi connectivity index (χ0n) is 13.7. The minimum Gasteiger partial charge on any atom is -0.444 e. The fourth-order valence-electron chi connectivity index (χ4n) is 2.31. The van der Waals surface area contributed by atoms with Crippen molar-refractivity contribution in [2.45, 2.75) is 75.6 Å². The molecule has 1 fully saturated rings. The number of nitrogens with zero attached hydrogens (tertiary/aromatic N) is 3. The van der Waals surface area contributed by atoms with E-state index >= 15 is 0 Å². The molecule has 1 N–H and O–H groups in total. The lowest BCUT2D eigenvalue weighted by Gasteiger charge is -2.23. The van der Waals surface area contributed by atoms with E-state index in [1.807, 2.05) is 38.7 Å². The molecular weight excluding hydrogens is 332 g/mol. The molecule has 0 spiro atoms. The third-order valence-corrected chi connectivity index (χ3v) is 3.44. The van der Waals surface area contributed by atoms with Gasteiger partial charge in [-0.3, -0.25) is 9.48 Å². The van der Waals surface area contributed by atoms with E-state index in [9.17, 15) is 9.59 Å². The van der Waals surface area contributed by atoms with Crippen molar-refractivity contribution in [3.05, 3.63) is 17.5 Å². The maximum atomic E-state index is 11.4. The van der Waals surface area contributed by atoms with Crippen molar-refractivity contribution in [3.63, 3.8) is 0 Å². The first-order chi connectivity index (χ1) is 10.3. The zero-order chi connectivity index (χ0) is 16.3. The van der Waals surface area contributed by atoms with Crippen molar-refractivity contribution in [1.82, 2.24) is 20.0 Å². The second kappa shape index (κ2) is 11.7. The van der Waals surface area contributed by atoms with E-state index in [0.717, 1.165) is 13.1 Å². The molecule has 7 nitrogen and oxygen atoms in total. The molecule has 1 aromatic rings. The molecule has 7 heteroatoms. The third-order valence-electron chi connectivity index (χ3n) is 3.44. The number of ketones is 1. The van der Waals surface area contributed by atoms with Crippen molar-refractivity contribution < 1.29 is 14.3 Å². The van der Waals surface area contributed by atoms with Crippen molar-refractivity contribution in [2.75, 3.05) is 13.1 Å². The van der Waals surface area contributed by atoms with Crippen LogP contribution < -0.4 is 5.32 Å². The van der Waals surface area contributed by atoms with Gasteiger partial charge in [-0.15, -0.1) is 0 Å². The number of carbonyl (C=O) groups excluding carboxylic acids is 2. The fraction of sp³-hybridized carbons (Fsp3) is 0.737. The van der Waals surface area contributed by atoms with Crippen LogP contribution in [0, 0.1) is 0 Å². The lowest BCUT2D eigenvalue weighted by atomic mass is 10.2. The van der Waals surface area contributed by atoms with Crippen LogP contribution in [0.2, 0.25) is 0 Å². The molecule has 0 saturated carbocycles. The van der Waals surface area contributed by atoms with Gasteiger partial charge < -0.3 is 15.0 Å². The number of hydrogen-bond acceptors (Lipinski definition) is 5. The zero-order valence-corrected chi connectivity index (χ0v) is 13.7. The van der Waals surface area contributed by atoms with Gasteiger partial charge in [0.25, 0.3) is 0 Å². The van der Waals surface area contributed by atoms with Gasteiger partial charge in [-0.25, -0.2) is 4.79 Å². The van der Waals surface area contributed by atoms with Crippen molar-refractivity contribution in [3.8, 4) is 0 Å². The smallest absolute Gasteiger partial charge is 0.410 e. The molecule has 0 radical (unpaired) electrons. The second-order valence-electron chi connectivity index (χ2n) is 6.53. The van der Waals surface area contributed by atoms with E-state index in [2.05, 4.69) is 10.4 Å². The molecular formula is C19H40N4O3. The monoisotopic (exact) mass is 372 g/mol. The van der Waals surface area contributed by atoms with Crippen molar-refractivity contribution in [2.24, 2.45) is 7.05 Å². The highest BCUT2D eigenvalue weighted by Crippen LogP contribution is 2.13.